The van der Waals surface area contributed by atoms with Crippen molar-refractivity contribution < 1.29 is 13.9 Å². The molecule has 0 aliphatic carbocycles. The first-order valence-corrected chi connectivity index (χ1v) is 6.71. The van der Waals surface area contributed by atoms with Crippen LogP contribution in [0, 0.1) is 11.6 Å². The lowest BCUT2D eigenvalue weighted by molar-refractivity contribution is 0.177. The highest BCUT2D eigenvalue weighted by Crippen LogP contribution is 2.29. The highest BCUT2D eigenvalue weighted by molar-refractivity contribution is 9.10. The summed E-state index contributed by atoms with van der Waals surface area (Å²) in [4.78, 5) is 0. The maximum absolute atomic E-state index is 13.5. The van der Waals surface area contributed by atoms with Crippen LogP contribution in [-0.4, -0.2) is 5.11 Å². The van der Waals surface area contributed by atoms with E-state index in [1.165, 1.54) is 6.07 Å². The van der Waals surface area contributed by atoms with Crippen molar-refractivity contribution >= 4 is 27.5 Å². The first-order chi connectivity index (χ1) is 8.97. The average molecular weight is 348 g/mol. The lowest BCUT2D eigenvalue weighted by Crippen LogP contribution is -2.04. The van der Waals surface area contributed by atoms with E-state index in [2.05, 4.69) is 15.9 Å². The van der Waals surface area contributed by atoms with E-state index >= 15 is 0 Å². The van der Waals surface area contributed by atoms with Gasteiger partial charge in [-0.3, -0.25) is 0 Å². The normalized spacial score (nSPS) is 12.5. The Morgan fingerprint density at radius 3 is 2.53 bits per heavy atom. The molecule has 1 nitrogen and oxygen atoms in total. The van der Waals surface area contributed by atoms with Gasteiger partial charge in [0.15, 0.2) is 0 Å². The van der Waals surface area contributed by atoms with Crippen molar-refractivity contribution in [1.82, 2.24) is 0 Å². The second-order valence-electron chi connectivity index (χ2n) is 4.12. The first-order valence-electron chi connectivity index (χ1n) is 5.54. The molecule has 0 bridgehead atoms. The summed E-state index contributed by atoms with van der Waals surface area (Å²) < 4.78 is 27.1. The maximum Gasteiger partial charge on any atom is 0.129 e. The Morgan fingerprint density at radius 2 is 1.89 bits per heavy atom. The van der Waals surface area contributed by atoms with Gasteiger partial charge in [0.1, 0.15) is 11.6 Å². The third-order valence-corrected chi connectivity index (χ3v) is 3.57. The Bertz CT molecular complexity index is 604. The predicted octanol–water partition coefficient (Wildman–Crippen LogP) is 4.66. The summed E-state index contributed by atoms with van der Waals surface area (Å²) in [6.45, 7) is 0. The molecule has 0 heterocycles. The first kappa shape index (κ1) is 14.4. The van der Waals surface area contributed by atoms with E-state index in [-0.39, 0.29) is 12.0 Å². The van der Waals surface area contributed by atoms with Crippen LogP contribution in [0.5, 0.6) is 0 Å². The van der Waals surface area contributed by atoms with Gasteiger partial charge in [0.2, 0.25) is 0 Å². The van der Waals surface area contributed by atoms with Crippen LogP contribution >= 0.6 is 27.5 Å². The second-order valence-corrected chi connectivity index (χ2v) is 5.44. The van der Waals surface area contributed by atoms with E-state index in [9.17, 15) is 13.9 Å². The molecule has 2 aromatic carbocycles. The van der Waals surface area contributed by atoms with Gasteiger partial charge >= 0.3 is 0 Å². The largest absolute Gasteiger partial charge is 0.388 e. The van der Waals surface area contributed by atoms with Gasteiger partial charge in [-0.15, -0.1) is 0 Å². The molecule has 1 atom stereocenters. The third kappa shape index (κ3) is 3.53. The summed E-state index contributed by atoms with van der Waals surface area (Å²) in [5.41, 5.74) is 0.751. The van der Waals surface area contributed by atoms with E-state index in [4.69, 9.17) is 11.6 Å². The number of hydrogen-bond donors (Lipinski definition) is 1. The van der Waals surface area contributed by atoms with Crippen LogP contribution in [0.15, 0.2) is 40.9 Å². The SMILES string of the molecule is OC(Cc1ccc(F)cc1F)c1ccc(Br)cc1Cl. The molecular formula is C14H10BrClF2O. The van der Waals surface area contributed by atoms with Crippen LogP contribution in [0.1, 0.15) is 17.2 Å². The van der Waals surface area contributed by atoms with Gasteiger partial charge in [-0.25, -0.2) is 8.78 Å². The molecule has 1 unspecified atom stereocenters. The van der Waals surface area contributed by atoms with Crippen molar-refractivity contribution in [2.45, 2.75) is 12.5 Å². The summed E-state index contributed by atoms with van der Waals surface area (Å²) >= 11 is 9.28. The van der Waals surface area contributed by atoms with Crippen LogP contribution in [0.2, 0.25) is 5.02 Å². The minimum absolute atomic E-state index is 0.0352. The molecule has 0 aliphatic heterocycles. The molecule has 1 N–H and O–H groups in total. The fourth-order valence-electron chi connectivity index (χ4n) is 1.78. The Kier molecular flexibility index (Phi) is 4.55. The molecule has 100 valence electrons. The molecule has 0 aromatic heterocycles. The van der Waals surface area contributed by atoms with Gasteiger partial charge in [-0.1, -0.05) is 39.7 Å². The molecule has 0 fully saturated rings. The van der Waals surface area contributed by atoms with E-state index in [0.29, 0.717) is 10.6 Å². The maximum atomic E-state index is 13.5. The Morgan fingerprint density at radius 1 is 1.16 bits per heavy atom. The second kappa shape index (κ2) is 5.99. The zero-order valence-electron chi connectivity index (χ0n) is 9.71. The summed E-state index contributed by atoms with van der Waals surface area (Å²) in [6.07, 6.45) is -0.909. The highest BCUT2D eigenvalue weighted by Gasteiger charge is 2.15. The lowest BCUT2D eigenvalue weighted by Gasteiger charge is -2.13. The van der Waals surface area contributed by atoms with Crippen LogP contribution in [0.4, 0.5) is 8.78 Å². The van der Waals surface area contributed by atoms with Crippen molar-refractivity contribution in [3.63, 3.8) is 0 Å². The zero-order valence-corrected chi connectivity index (χ0v) is 12.0. The van der Waals surface area contributed by atoms with Crippen molar-refractivity contribution in [3.8, 4) is 0 Å². The van der Waals surface area contributed by atoms with Crippen LogP contribution in [-0.2, 0) is 6.42 Å². The molecule has 19 heavy (non-hydrogen) atoms. The minimum atomic E-state index is -0.944. The van der Waals surface area contributed by atoms with Crippen molar-refractivity contribution in [3.05, 3.63) is 68.7 Å². The molecular weight excluding hydrogens is 338 g/mol. The number of rotatable bonds is 3. The summed E-state index contributed by atoms with van der Waals surface area (Å²) in [5.74, 6) is -1.32. The smallest absolute Gasteiger partial charge is 0.129 e. The van der Waals surface area contributed by atoms with Crippen molar-refractivity contribution in [1.29, 1.82) is 0 Å². The van der Waals surface area contributed by atoms with E-state index in [0.717, 1.165) is 16.6 Å². The minimum Gasteiger partial charge on any atom is -0.388 e. The monoisotopic (exact) mass is 346 g/mol. The Labute approximate surface area is 123 Å². The quantitative estimate of drug-likeness (QED) is 0.856. The molecule has 2 rings (SSSR count). The molecule has 0 saturated carbocycles. The van der Waals surface area contributed by atoms with Crippen molar-refractivity contribution in [2.24, 2.45) is 0 Å². The molecule has 2 aromatic rings. The Balaban J connectivity index is 2.23. The zero-order chi connectivity index (χ0) is 14.0. The van der Waals surface area contributed by atoms with E-state index in [1.807, 2.05) is 0 Å². The van der Waals surface area contributed by atoms with E-state index in [1.54, 1.807) is 18.2 Å². The molecule has 0 radical (unpaired) electrons. The fraction of sp³-hybridized carbons (Fsp3) is 0.143. The summed E-state index contributed by atoms with van der Waals surface area (Å²) in [5, 5.41) is 10.5. The van der Waals surface area contributed by atoms with Gasteiger partial charge in [0.25, 0.3) is 0 Å². The lowest BCUT2D eigenvalue weighted by atomic mass is 10.0. The number of aliphatic hydroxyl groups is 1. The molecule has 0 aliphatic rings. The molecule has 0 saturated heterocycles. The standard InChI is InChI=1S/C14H10BrClF2O/c15-9-2-4-11(12(16)6-9)14(19)5-8-1-3-10(17)7-13(8)18/h1-4,6-7,14,19H,5H2. The molecule has 0 amide bonds. The van der Waals surface area contributed by atoms with Gasteiger partial charge in [0, 0.05) is 22.0 Å². The van der Waals surface area contributed by atoms with E-state index < -0.39 is 17.7 Å². The van der Waals surface area contributed by atoms with Gasteiger partial charge in [0.05, 0.1) is 6.10 Å². The third-order valence-electron chi connectivity index (χ3n) is 2.75. The van der Waals surface area contributed by atoms with Crippen LogP contribution in [0.25, 0.3) is 0 Å². The van der Waals surface area contributed by atoms with Crippen molar-refractivity contribution in [2.75, 3.05) is 0 Å². The van der Waals surface area contributed by atoms with Crippen LogP contribution in [0.3, 0.4) is 0 Å². The Hall–Kier alpha value is -0.970. The summed E-state index contributed by atoms with van der Waals surface area (Å²) in [6, 6.07) is 8.34. The number of aliphatic hydroxyl groups excluding tert-OH is 1. The van der Waals surface area contributed by atoms with Crippen LogP contribution < -0.4 is 0 Å². The average Bonchev–Trinajstić information content (AvgIpc) is 2.32. The van der Waals surface area contributed by atoms with Gasteiger partial charge in [-0.2, -0.15) is 0 Å². The molecule has 0 spiro atoms. The number of hydrogen-bond acceptors (Lipinski definition) is 1. The highest BCUT2D eigenvalue weighted by atomic mass is 79.9. The number of halogens is 4. The van der Waals surface area contributed by atoms with Gasteiger partial charge in [-0.05, 0) is 29.3 Å². The summed E-state index contributed by atoms with van der Waals surface area (Å²) in [7, 11) is 0. The topological polar surface area (TPSA) is 20.2 Å². The molecule has 5 heteroatoms. The van der Waals surface area contributed by atoms with Gasteiger partial charge < -0.3 is 5.11 Å². The fourth-order valence-corrected chi connectivity index (χ4v) is 2.58. The predicted molar refractivity (Wildman–Crippen MR) is 74.2 cm³/mol. The number of benzene rings is 2.